The molecule has 5 heteroatoms. The van der Waals surface area contributed by atoms with Gasteiger partial charge in [-0.2, -0.15) is 0 Å². The Morgan fingerprint density at radius 2 is 1.90 bits per heavy atom. The molecule has 0 aliphatic rings. The Labute approximate surface area is 121 Å². The van der Waals surface area contributed by atoms with Crippen LogP contribution in [0.15, 0.2) is 36.4 Å². The highest BCUT2D eigenvalue weighted by molar-refractivity contribution is 6.30. The number of anilines is 1. The molecule has 0 aliphatic heterocycles. The molecule has 2 rings (SSSR count). The summed E-state index contributed by atoms with van der Waals surface area (Å²) >= 11 is 5.94. The summed E-state index contributed by atoms with van der Waals surface area (Å²) in [5, 5.41) is 3.65. The van der Waals surface area contributed by atoms with Crippen molar-refractivity contribution >= 4 is 17.3 Å². The maximum atomic E-state index is 13.7. The van der Waals surface area contributed by atoms with Crippen molar-refractivity contribution in [2.24, 2.45) is 0 Å². The Morgan fingerprint density at radius 3 is 2.55 bits per heavy atom. The maximum Gasteiger partial charge on any atom is 0.142 e. The highest BCUT2D eigenvalue weighted by Crippen LogP contribution is 2.31. The predicted octanol–water partition coefficient (Wildman–Crippen LogP) is 4.80. The summed E-state index contributed by atoms with van der Waals surface area (Å²) < 4.78 is 31.9. The zero-order chi connectivity index (χ0) is 14.7. The van der Waals surface area contributed by atoms with E-state index in [1.807, 2.05) is 0 Å². The average molecular weight is 298 g/mol. The van der Waals surface area contributed by atoms with Gasteiger partial charge < -0.3 is 10.1 Å². The number of rotatable bonds is 4. The van der Waals surface area contributed by atoms with Crippen LogP contribution < -0.4 is 10.1 Å². The molecule has 0 heterocycles. The van der Waals surface area contributed by atoms with Crippen molar-refractivity contribution in [3.8, 4) is 5.75 Å². The first-order chi connectivity index (χ1) is 9.51. The lowest BCUT2D eigenvalue weighted by molar-refractivity contribution is 0.416. The lowest BCUT2D eigenvalue weighted by Crippen LogP contribution is -2.09. The van der Waals surface area contributed by atoms with E-state index < -0.39 is 11.6 Å². The van der Waals surface area contributed by atoms with Crippen molar-refractivity contribution in [1.29, 1.82) is 0 Å². The predicted molar refractivity (Wildman–Crippen MR) is 76.4 cm³/mol. The van der Waals surface area contributed by atoms with Gasteiger partial charge in [0.1, 0.15) is 17.4 Å². The summed E-state index contributed by atoms with van der Waals surface area (Å²) in [5.41, 5.74) is 1.02. The van der Waals surface area contributed by atoms with Crippen LogP contribution in [-0.4, -0.2) is 7.11 Å². The van der Waals surface area contributed by atoms with Crippen molar-refractivity contribution in [2.75, 3.05) is 12.4 Å². The van der Waals surface area contributed by atoms with Crippen LogP contribution in [0.2, 0.25) is 5.02 Å². The number of hydrogen-bond donors (Lipinski definition) is 1. The van der Waals surface area contributed by atoms with Gasteiger partial charge in [-0.3, -0.25) is 0 Å². The third-order valence-electron chi connectivity index (χ3n) is 2.96. The molecule has 20 heavy (non-hydrogen) atoms. The zero-order valence-corrected chi connectivity index (χ0v) is 11.8. The van der Waals surface area contributed by atoms with E-state index in [1.54, 1.807) is 25.1 Å². The molecule has 106 valence electrons. The minimum Gasteiger partial charge on any atom is -0.495 e. The number of methoxy groups -OCH3 is 1. The molecule has 0 spiro atoms. The van der Waals surface area contributed by atoms with E-state index in [-0.39, 0.29) is 6.04 Å². The second-order valence-electron chi connectivity index (χ2n) is 4.38. The number of ether oxygens (including phenoxy) is 1. The van der Waals surface area contributed by atoms with Crippen LogP contribution in [0.1, 0.15) is 18.5 Å². The van der Waals surface area contributed by atoms with E-state index >= 15 is 0 Å². The van der Waals surface area contributed by atoms with Crippen molar-refractivity contribution in [1.82, 2.24) is 0 Å². The van der Waals surface area contributed by atoms with Gasteiger partial charge in [0.2, 0.25) is 0 Å². The van der Waals surface area contributed by atoms with Crippen LogP contribution in [-0.2, 0) is 0 Å². The van der Waals surface area contributed by atoms with Crippen LogP contribution in [0.3, 0.4) is 0 Å². The smallest absolute Gasteiger partial charge is 0.142 e. The molecule has 2 aromatic rings. The van der Waals surface area contributed by atoms with E-state index in [0.717, 1.165) is 6.07 Å². The first-order valence-electron chi connectivity index (χ1n) is 6.06. The zero-order valence-electron chi connectivity index (χ0n) is 11.1. The normalized spacial score (nSPS) is 12.1. The number of nitrogens with one attached hydrogen (secondary N) is 1. The van der Waals surface area contributed by atoms with E-state index in [1.165, 1.54) is 19.2 Å². The van der Waals surface area contributed by atoms with Gasteiger partial charge >= 0.3 is 0 Å². The van der Waals surface area contributed by atoms with Gasteiger partial charge in [-0.1, -0.05) is 17.7 Å². The lowest BCUT2D eigenvalue weighted by atomic mass is 10.1. The average Bonchev–Trinajstić information content (AvgIpc) is 2.38. The Kier molecular flexibility index (Phi) is 4.45. The van der Waals surface area contributed by atoms with Gasteiger partial charge in [0.05, 0.1) is 18.8 Å². The van der Waals surface area contributed by atoms with Gasteiger partial charge in [-0.15, -0.1) is 0 Å². The van der Waals surface area contributed by atoms with Crippen LogP contribution >= 0.6 is 11.6 Å². The summed E-state index contributed by atoms with van der Waals surface area (Å²) in [4.78, 5) is 0. The monoisotopic (exact) mass is 297 g/mol. The van der Waals surface area contributed by atoms with Crippen molar-refractivity contribution in [3.63, 3.8) is 0 Å². The summed E-state index contributed by atoms with van der Waals surface area (Å²) in [6.07, 6.45) is 0. The summed E-state index contributed by atoms with van der Waals surface area (Å²) in [5.74, 6) is -0.589. The molecule has 0 saturated heterocycles. The van der Waals surface area contributed by atoms with Gasteiger partial charge in [-0.05, 0) is 31.2 Å². The van der Waals surface area contributed by atoms with Crippen LogP contribution in [0.4, 0.5) is 14.5 Å². The molecule has 1 N–H and O–H groups in total. The second-order valence-corrected chi connectivity index (χ2v) is 4.81. The Bertz CT molecular complexity index is 619. The Hall–Kier alpha value is -1.81. The Morgan fingerprint density at radius 1 is 1.15 bits per heavy atom. The molecule has 0 radical (unpaired) electrons. The Balaban J connectivity index is 2.27. The largest absolute Gasteiger partial charge is 0.495 e. The van der Waals surface area contributed by atoms with E-state index in [0.29, 0.717) is 22.0 Å². The molecule has 1 atom stereocenters. The SMILES string of the molecule is COc1ccc(Cl)cc1NC(C)c1ccc(F)cc1F. The maximum absolute atomic E-state index is 13.7. The van der Waals surface area contributed by atoms with Crippen molar-refractivity contribution < 1.29 is 13.5 Å². The fraction of sp³-hybridized carbons (Fsp3) is 0.200. The van der Waals surface area contributed by atoms with Gasteiger partial charge in [0, 0.05) is 16.7 Å². The molecule has 0 bridgehead atoms. The molecule has 0 aromatic heterocycles. The number of hydrogen-bond acceptors (Lipinski definition) is 2. The fourth-order valence-electron chi connectivity index (χ4n) is 1.96. The lowest BCUT2D eigenvalue weighted by Gasteiger charge is -2.18. The molecule has 0 aliphatic carbocycles. The topological polar surface area (TPSA) is 21.3 Å². The van der Waals surface area contributed by atoms with Gasteiger partial charge in [0.25, 0.3) is 0 Å². The fourth-order valence-corrected chi connectivity index (χ4v) is 2.13. The molecular formula is C15H14ClF2NO. The van der Waals surface area contributed by atoms with E-state index in [9.17, 15) is 8.78 Å². The quantitative estimate of drug-likeness (QED) is 0.875. The second kappa shape index (κ2) is 6.09. The highest BCUT2D eigenvalue weighted by atomic mass is 35.5. The molecule has 0 fully saturated rings. The minimum atomic E-state index is -0.598. The van der Waals surface area contributed by atoms with Gasteiger partial charge in [-0.25, -0.2) is 8.78 Å². The number of halogens is 3. The van der Waals surface area contributed by atoms with Crippen LogP contribution in [0.5, 0.6) is 5.75 Å². The summed E-state index contributed by atoms with van der Waals surface area (Å²) in [6.45, 7) is 1.77. The first kappa shape index (κ1) is 14.6. The standard InChI is InChI=1S/C15H14ClF2NO/c1-9(12-5-4-11(17)8-13(12)18)19-14-7-10(16)3-6-15(14)20-2/h3-9,19H,1-2H3. The molecule has 1 unspecified atom stereocenters. The van der Waals surface area contributed by atoms with E-state index in [4.69, 9.17) is 16.3 Å². The van der Waals surface area contributed by atoms with Crippen LogP contribution in [0.25, 0.3) is 0 Å². The molecule has 0 saturated carbocycles. The highest BCUT2D eigenvalue weighted by Gasteiger charge is 2.14. The third-order valence-corrected chi connectivity index (χ3v) is 3.20. The van der Waals surface area contributed by atoms with Crippen molar-refractivity contribution in [2.45, 2.75) is 13.0 Å². The van der Waals surface area contributed by atoms with Crippen molar-refractivity contribution in [3.05, 3.63) is 58.6 Å². The minimum absolute atomic E-state index is 0.358. The molecule has 2 aromatic carbocycles. The third kappa shape index (κ3) is 3.20. The van der Waals surface area contributed by atoms with E-state index in [2.05, 4.69) is 5.32 Å². The molecule has 2 nitrogen and oxygen atoms in total. The summed E-state index contributed by atoms with van der Waals surface area (Å²) in [7, 11) is 1.54. The number of benzene rings is 2. The summed E-state index contributed by atoms with van der Waals surface area (Å²) in [6, 6.07) is 8.27. The van der Waals surface area contributed by atoms with Crippen LogP contribution in [0, 0.1) is 11.6 Å². The molecular weight excluding hydrogens is 284 g/mol. The molecule has 0 amide bonds. The van der Waals surface area contributed by atoms with Gasteiger partial charge in [0.15, 0.2) is 0 Å². The first-order valence-corrected chi connectivity index (χ1v) is 6.44.